The quantitative estimate of drug-likeness (QED) is 0.214. The summed E-state index contributed by atoms with van der Waals surface area (Å²) in [4.78, 5) is 70.0. The van der Waals surface area contributed by atoms with Crippen molar-refractivity contribution in [3.63, 3.8) is 0 Å². The summed E-state index contributed by atoms with van der Waals surface area (Å²) < 4.78 is 24.3. The van der Waals surface area contributed by atoms with Crippen molar-refractivity contribution in [1.82, 2.24) is 4.98 Å². The van der Waals surface area contributed by atoms with Crippen LogP contribution < -0.4 is 0 Å². The number of allylic oxidation sites excluding steroid dienone is 1. The van der Waals surface area contributed by atoms with Crippen LogP contribution >= 0.6 is 0 Å². The standard InChI is InChI=1S/C37H43NO9/c1-22-15-16-36(6,7)31(41)19-30(45-35(43)28-14-11-17-38-21-28)23(2)18-29-32(46-34(42)27-12-9-8-10-13-27)24(3)20-37(29,47-26(5)40)33(22)44-25(4)39/h8-18,21-22,24,29-30,32-33H,19-20H2,1-7H3/b16-15+,23-18+/t22-,24+,29+,30-,32+,33+,37-/m1/s1. The van der Waals surface area contributed by atoms with Crippen LogP contribution in [0.3, 0.4) is 0 Å². The average molecular weight is 646 g/mol. The Hall–Kier alpha value is -4.60. The van der Waals surface area contributed by atoms with Crippen molar-refractivity contribution >= 4 is 29.7 Å². The number of esters is 4. The van der Waals surface area contributed by atoms with Gasteiger partial charge in [0.1, 0.15) is 24.1 Å². The molecule has 4 rings (SSSR count). The van der Waals surface area contributed by atoms with Crippen molar-refractivity contribution in [3.8, 4) is 0 Å². The zero-order valence-corrected chi connectivity index (χ0v) is 27.9. The van der Waals surface area contributed by atoms with Gasteiger partial charge in [0, 0.05) is 44.0 Å². The SMILES string of the molecule is CC(=O)O[C@H]1[C@H](C)/C=C/C(C)(C)C(=O)C[C@@H](OC(=O)c2cccnc2)/C(C)=C/[C@H]2[C@@H](OC(=O)c3ccccc3)[C@@H](C)C[C@@]21OC(C)=O. The van der Waals surface area contributed by atoms with Crippen molar-refractivity contribution in [2.75, 3.05) is 0 Å². The Bertz CT molecular complexity index is 1550. The van der Waals surface area contributed by atoms with E-state index in [1.165, 1.54) is 26.2 Å². The summed E-state index contributed by atoms with van der Waals surface area (Å²) in [6.45, 7) is 11.5. The number of hydrogen-bond acceptors (Lipinski definition) is 10. The number of nitrogens with zero attached hydrogens (tertiary/aromatic N) is 1. The van der Waals surface area contributed by atoms with Crippen molar-refractivity contribution in [2.45, 2.75) is 85.2 Å². The fourth-order valence-corrected chi connectivity index (χ4v) is 6.54. The Kier molecular flexibility index (Phi) is 10.8. The maximum absolute atomic E-state index is 13.7. The third kappa shape index (κ3) is 8.04. The van der Waals surface area contributed by atoms with E-state index in [4.69, 9.17) is 18.9 Å². The number of fused-ring (bicyclic) bond motifs is 1. The van der Waals surface area contributed by atoms with Crippen LogP contribution in [-0.2, 0) is 33.3 Å². The van der Waals surface area contributed by atoms with Crippen LogP contribution in [0.25, 0.3) is 0 Å². The predicted octanol–water partition coefficient (Wildman–Crippen LogP) is 5.86. The summed E-state index contributed by atoms with van der Waals surface area (Å²) in [6.07, 6.45) is 5.29. The molecule has 1 fully saturated rings. The summed E-state index contributed by atoms with van der Waals surface area (Å²) in [7, 11) is 0. The minimum absolute atomic E-state index is 0.148. The van der Waals surface area contributed by atoms with Crippen LogP contribution in [0.15, 0.2) is 78.7 Å². The number of hydrogen-bond donors (Lipinski definition) is 0. The fourth-order valence-electron chi connectivity index (χ4n) is 6.54. The molecule has 0 bridgehead atoms. The molecule has 2 aromatic rings. The Labute approximate surface area is 275 Å². The Balaban J connectivity index is 1.92. The average Bonchev–Trinajstić information content (AvgIpc) is 3.27. The summed E-state index contributed by atoms with van der Waals surface area (Å²) >= 11 is 0. The minimum Gasteiger partial charge on any atom is -0.458 e. The van der Waals surface area contributed by atoms with Gasteiger partial charge in [0.2, 0.25) is 0 Å². The molecule has 0 radical (unpaired) electrons. The van der Waals surface area contributed by atoms with Crippen molar-refractivity contribution in [3.05, 3.63) is 89.8 Å². The molecule has 1 aromatic heterocycles. The number of carbonyl (C=O) groups excluding carboxylic acids is 5. The maximum atomic E-state index is 13.7. The molecule has 1 aromatic carbocycles. The molecule has 1 heterocycles. The van der Waals surface area contributed by atoms with Crippen LogP contribution in [0.5, 0.6) is 0 Å². The number of carbonyl (C=O) groups is 5. The molecule has 0 aliphatic heterocycles. The number of pyridine rings is 1. The molecular weight excluding hydrogens is 602 g/mol. The second kappa shape index (κ2) is 14.4. The van der Waals surface area contributed by atoms with Gasteiger partial charge in [-0.05, 0) is 62.9 Å². The lowest BCUT2D eigenvalue weighted by Crippen LogP contribution is -2.55. The molecule has 47 heavy (non-hydrogen) atoms. The third-order valence-electron chi connectivity index (χ3n) is 8.96. The van der Waals surface area contributed by atoms with Crippen molar-refractivity contribution in [2.24, 2.45) is 23.2 Å². The first-order chi connectivity index (χ1) is 22.1. The van der Waals surface area contributed by atoms with E-state index >= 15 is 0 Å². The first-order valence-corrected chi connectivity index (χ1v) is 15.8. The summed E-state index contributed by atoms with van der Waals surface area (Å²) in [5.41, 5.74) is -1.46. The van der Waals surface area contributed by atoms with Gasteiger partial charge in [-0.2, -0.15) is 0 Å². The van der Waals surface area contributed by atoms with Gasteiger partial charge in [-0.15, -0.1) is 0 Å². The normalized spacial score (nSPS) is 30.6. The first kappa shape index (κ1) is 35.3. The molecule has 2 aliphatic rings. The van der Waals surface area contributed by atoms with Gasteiger partial charge in [0.05, 0.1) is 17.0 Å². The second-order valence-electron chi connectivity index (χ2n) is 13.1. The number of benzene rings is 1. The monoisotopic (exact) mass is 645 g/mol. The molecule has 0 unspecified atom stereocenters. The van der Waals surface area contributed by atoms with Gasteiger partial charge in [-0.1, -0.05) is 50.3 Å². The molecule has 0 amide bonds. The van der Waals surface area contributed by atoms with E-state index in [-0.39, 0.29) is 30.1 Å². The zero-order chi connectivity index (χ0) is 34.5. The molecule has 0 N–H and O–H groups in total. The van der Waals surface area contributed by atoms with Crippen molar-refractivity contribution < 1.29 is 42.9 Å². The largest absolute Gasteiger partial charge is 0.458 e. The number of rotatable bonds is 6. The van der Waals surface area contributed by atoms with E-state index in [9.17, 15) is 24.0 Å². The Morgan fingerprint density at radius 2 is 1.53 bits per heavy atom. The molecular formula is C37H43NO9. The third-order valence-corrected chi connectivity index (χ3v) is 8.96. The van der Waals surface area contributed by atoms with E-state index < -0.39 is 65.0 Å². The second-order valence-corrected chi connectivity index (χ2v) is 13.1. The molecule has 2 aliphatic carbocycles. The van der Waals surface area contributed by atoms with Crippen molar-refractivity contribution in [1.29, 1.82) is 0 Å². The summed E-state index contributed by atoms with van der Waals surface area (Å²) in [6, 6.07) is 11.7. The predicted molar refractivity (Wildman–Crippen MR) is 172 cm³/mol. The molecule has 0 spiro atoms. The molecule has 7 atom stereocenters. The van der Waals surface area contributed by atoms with E-state index in [0.717, 1.165) is 0 Å². The lowest BCUT2D eigenvalue weighted by atomic mass is 9.75. The van der Waals surface area contributed by atoms with E-state index in [2.05, 4.69) is 4.98 Å². The molecule has 10 nitrogen and oxygen atoms in total. The van der Waals surface area contributed by atoms with Gasteiger partial charge in [-0.3, -0.25) is 19.4 Å². The van der Waals surface area contributed by atoms with Crippen LogP contribution in [0, 0.1) is 23.2 Å². The van der Waals surface area contributed by atoms with Crippen LogP contribution in [0.4, 0.5) is 0 Å². The van der Waals surface area contributed by atoms with E-state index in [1.807, 2.05) is 13.8 Å². The molecule has 1 saturated carbocycles. The maximum Gasteiger partial charge on any atom is 0.340 e. The highest BCUT2D eigenvalue weighted by Crippen LogP contribution is 2.51. The topological polar surface area (TPSA) is 135 Å². The smallest absolute Gasteiger partial charge is 0.340 e. The molecule has 0 saturated heterocycles. The van der Waals surface area contributed by atoms with Crippen LogP contribution in [-0.4, -0.2) is 58.6 Å². The first-order valence-electron chi connectivity index (χ1n) is 15.8. The molecule has 250 valence electrons. The lowest BCUT2D eigenvalue weighted by Gasteiger charge is -2.43. The Morgan fingerprint density at radius 3 is 2.15 bits per heavy atom. The van der Waals surface area contributed by atoms with Crippen LogP contribution in [0.2, 0.25) is 0 Å². The highest BCUT2D eigenvalue weighted by Gasteiger charge is 2.62. The van der Waals surface area contributed by atoms with Gasteiger partial charge in [-0.25, -0.2) is 9.59 Å². The van der Waals surface area contributed by atoms with Gasteiger partial charge < -0.3 is 18.9 Å². The Morgan fingerprint density at radius 1 is 0.872 bits per heavy atom. The highest BCUT2D eigenvalue weighted by atomic mass is 16.6. The van der Waals surface area contributed by atoms with Gasteiger partial charge in [0.25, 0.3) is 0 Å². The summed E-state index contributed by atoms with van der Waals surface area (Å²) in [5.74, 6) is -4.42. The minimum atomic E-state index is -1.49. The summed E-state index contributed by atoms with van der Waals surface area (Å²) in [5, 5.41) is 0. The fraction of sp³-hybridized carbons (Fsp3) is 0.459. The number of Topliss-reactive ketones (excluding diaryl/α,β-unsaturated/α-hetero) is 1. The van der Waals surface area contributed by atoms with Gasteiger partial charge >= 0.3 is 23.9 Å². The number of ketones is 1. The molecule has 10 heteroatoms. The highest BCUT2D eigenvalue weighted by molar-refractivity contribution is 5.91. The number of ether oxygens (including phenoxy) is 4. The lowest BCUT2D eigenvalue weighted by molar-refractivity contribution is -0.195. The van der Waals surface area contributed by atoms with E-state index in [1.54, 1.807) is 81.5 Å². The van der Waals surface area contributed by atoms with Gasteiger partial charge in [0.15, 0.2) is 5.60 Å². The van der Waals surface area contributed by atoms with E-state index in [0.29, 0.717) is 11.1 Å². The van der Waals surface area contributed by atoms with Crippen LogP contribution in [0.1, 0.15) is 82.0 Å². The number of aromatic nitrogens is 1. The zero-order valence-electron chi connectivity index (χ0n) is 27.9.